The average Bonchev–Trinajstić information content (AvgIpc) is 2.71. The molecule has 4 atom stereocenters. The zero-order valence-electron chi connectivity index (χ0n) is 17.0. The number of halogens is 1. The van der Waals surface area contributed by atoms with Gasteiger partial charge in [0, 0.05) is 22.1 Å². The van der Waals surface area contributed by atoms with Crippen molar-refractivity contribution in [3.05, 3.63) is 65.7 Å². The van der Waals surface area contributed by atoms with Gasteiger partial charge in [0.15, 0.2) is 0 Å². The van der Waals surface area contributed by atoms with Gasteiger partial charge in [-0.05, 0) is 80.2 Å². The summed E-state index contributed by atoms with van der Waals surface area (Å²) in [6, 6.07) is 17.1. The molecule has 5 heteroatoms. The third-order valence-corrected chi connectivity index (χ3v) is 8.10. The number of hydrogen-bond acceptors (Lipinski definition) is 2. The monoisotopic (exact) mass is 466 g/mol. The number of anilines is 1. The molecule has 0 spiro atoms. The second kappa shape index (κ2) is 7.52. The molecular formula is C25H27BrN2O2. The molecule has 0 heterocycles. The Hall–Kier alpha value is -2.14. The maximum absolute atomic E-state index is 13.3. The summed E-state index contributed by atoms with van der Waals surface area (Å²) in [6.07, 6.45) is 6.69. The van der Waals surface area contributed by atoms with Gasteiger partial charge in [-0.1, -0.05) is 46.3 Å². The molecule has 2 N–H and O–H groups in total. The van der Waals surface area contributed by atoms with Crippen molar-refractivity contribution in [1.29, 1.82) is 0 Å². The van der Waals surface area contributed by atoms with Gasteiger partial charge in [0.25, 0.3) is 5.91 Å². The summed E-state index contributed by atoms with van der Waals surface area (Å²) in [6.45, 7) is 0.497. The van der Waals surface area contributed by atoms with Crippen molar-refractivity contribution in [2.45, 2.75) is 49.4 Å². The predicted octanol–water partition coefficient (Wildman–Crippen LogP) is 5.29. The van der Waals surface area contributed by atoms with Gasteiger partial charge in [-0.3, -0.25) is 9.59 Å². The van der Waals surface area contributed by atoms with Gasteiger partial charge in [-0.25, -0.2) is 0 Å². The summed E-state index contributed by atoms with van der Waals surface area (Å²) in [5.41, 5.74) is 2.19. The van der Waals surface area contributed by atoms with Crippen LogP contribution in [0.2, 0.25) is 0 Å². The van der Waals surface area contributed by atoms with Gasteiger partial charge in [0.2, 0.25) is 5.91 Å². The molecule has 0 radical (unpaired) electrons. The highest BCUT2D eigenvalue weighted by atomic mass is 79.9. The first kappa shape index (κ1) is 19.8. The fourth-order valence-corrected chi connectivity index (χ4v) is 7.72. The van der Waals surface area contributed by atoms with Crippen molar-refractivity contribution in [3.8, 4) is 0 Å². The van der Waals surface area contributed by atoms with Crippen LogP contribution in [0.4, 0.5) is 5.69 Å². The number of nitrogens with one attached hydrogen (secondary N) is 2. The molecule has 2 aromatic rings. The molecule has 0 saturated heterocycles. The Kier molecular flexibility index (Phi) is 4.97. The minimum absolute atomic E-state index is 0.112. The van der Waals surface area contributed by atoms with Crippen LogP contribution >= 0.6 is 15.9 Å². The van der Waals surface area contributed by atoms with Crippen LogP contribution in [0, 0.1) is 17.3 Å². The highest BCUT2D eigenvalue weighted by molar-refractivity contribution is 9.10. The molecule has 6 rings (SSSR count). The van der Waals surface area contributed by atoms with E-state index in [0.717, 1.165) is 30.5 Å². The maximum atomic E-state index is 13.3. The van der Waals surface area contributed by atoms with Crippen molar-refractivity contribution in [2.24, 2.45) is 17.3 Å². The van der Waals surface area contributed by atoms with Crippen LogP contribution < -0.4 is 10.6 Å². The standard InChI is InChI=1S/C25H27BrN2O2/c26-25-13-18-10-19(14-25)12-24(11-18,16-25)23(30)28-21-8-6-20(7-9-21)22(29)27-15-17-4-2-1-3-5-17/h1-9,18-19H,10-16H2,(H,27,29)(H,28,30)/t18-,19+,24?,25?. The maximum Gasteiger partial charge on any atom is 0.251 e. The molecule has 4 fully saturated rings. The molecule has 0 aliphatic heterocycles. The summed E-state index contributed by atoms with van der Waals surface area (Å²) in [5.74, 6) is 1.39. The summed E-state index contributed by atoms with van der Waals surface area (Å²) in [7, 11) is 0. The van der Waals surface area contributed by atoms with E-state index >= 15 is 0 Å². The van der Waals surface area contributed by atoms with E-state index in [0.29, 0.717) is 23.9 Å². The first-order valence-electron chi connectivity index (χ1n) is 10.9. The molecule has 2 aromatic carbocycles. The lowest BCUT2D eigenvalue weighted by atomic mass is 9.49. The number of rotatable bonds is 5. The molecule has 0 aromatic heterocycles. The molecule has 4 saturated carbocycles. The molecule has 4 aliphatic carbocycles. The second-order valence-corrected chi connectivity index (χ2v) is 11.3. The van der Waals surface area contributed by atoms with E-state index in [9.17, 15) is 9.59 Å². The number of benzene rings is 2. The van der Waals surface area contributed by atoms with E-state index in [1.165, 1.54) is 19.3 Å². The van der Waals surface area contributed by atoms with Crippen LogP contribution in [0.3, 0.4) is 0 Å². The van der Waals surface area contributed by atoms with Crippen LogP contribution in [0.1, 0.15) is 54.4 Å². The second-order valence-electron chi connectivity index (χ2n) is 9.59. The molecule has 4 aliphatic rings. The Balaban J connectivity index is 1.22. The van der Waals surface area contributed by atoms with E-state index in [4.69, 9.17) is 0 Å². The minimum Gasteiger partial charge on any atom is -0.348 e. The minimum atomic E-state index is -0.237. The van der Waals surface area contributed by atoms with Crippen molar-refractivity contribution in [2.75, 3.05) is 5.32 Å². The Morgan fingerprint density at radius 2 is 1.60 bits per heavy atom. The summed E-state index contributed by atoms with van der Waals surface area (Å²) < 4.78 is 0.162. The Morgan fingerprint density at radius 1 is 0.933 bits per heavy atom. The first-order valence-corrected chi connectivity index (χ1v) is 11.7. The highest BCUT2D eigenvalue weighted by Crippen LogP contribution is 2.64. The number of amides is 2. The predicted molar refractivity (Wildman–Crippen MR) is 121 cm³/mol. The Morgan fingerprint density at radius 3 is 2.23 bits per heavy atom. The van der Waals surface area contributed by atoms with Crippen LogP contribution in [-0.4, -0.2) is 16.1 Å². The van der Waals surface area contributed by atoms with E-state index < -0.39 is 0 Å². The molecular weight excluding hydrogens is 440 g/mol. The van der Waals surface area contributed by atoms with E-state index in [2.05, 4.69) is 26.6 Å². The zero-order chi connectivity index (χ0) is 20.8. The molecule has 2 amide bonds. The van der Waals surface area contributed by atoms with Crippen LogP contribution in [0.15, 0.2) is 54.6 Å². The first-order chi connectivity index (χ1) is 14.4. The normalized spacial score (nSPS) is 31.4. The number of hydrogen-bond donors (Lipinski definition) is 2. The zero-order valence-corrected chi connectivity index (χ0v) is 18.6. The van der Waals surface area contributed by atoms with Crippen LogP contribution in [-0.2, 0) is 11.3 Å². The van der Waals surface area contributed by atoms with E-state index in [1.807, 2.05) is 42.5 Å². The van der Waals surface area contributed by atoms with Gasteiger partial charge >= 0.3 is 0 Å². The van der Waals surface area contributed by atoms with Gasteiger partial charge in [-0.2, -0.15) is 0 Å². The third kappa shape index (κ3) is 3.80. The Bertz CT molecular complexity index is 943. The van der Waals surface area contributed by atoms with Gasteiger partial charge < -0.3 is 10.6 Å². The van der Waals surface area contributed by atoms with E-state index in [1.54, 1.807) is 12.1 Å². The van der Waals surface area contributed by atoms with Gasteiger partial charge in [-0.15, -0.1) is 0 Å². The average molecular weight is 467 g/mol. The smallest absolute Gasteiger partial charge is 0.251 e. The van der Waals surface area contributed by atoms with Crippen LogP contribution in [0.25, 0.3) is 0 Å². The topological polar surface area (TPSA) is 58.2 Å². The van der Waals surface area contributed by atoms with Crippen molar-refractivity contribution < 1.29 is 9.59 Å². The van der Waals surface area contributed by atoms with Gasteiger partial charge in [0.05, 0.1) is 5.41 Å². The lowest BCUT2D eigenvalue weighted by Crippen LogP contribution is -2.57. The molecule has 2 unspecified atom stereocenters. The van der Waals surface area contributed by atoms with Crippen molar-refractivity contribution in [1.82, 2.24) is 5.32 Å². The van der Waals surface area contributed by atoms with E-state index in [-0.39, 0.29) is 21.6 Å². The van der Waals surface area contributed by atoms with Crippen molar-refractivity contribution in [3.63, 3.8) is 0 Å². The Labute approximate surface area is 186 Å². The summed E-state index contributed by atoms with van der Waals surface area (Å²) >= 11 is 3.98. The van der Waals surface area contributed by atoms with Crippen molar-refractivity contribution >= 4 is 33.4 Å². The fourth-order valence-electron chi connectivity index (χ4n) is 6.27. The molecule has 156 valence electrons. The quantitative estimate of drug-likeness (QED) is 0.588. The lowest BCUT2D eigenvalue weighted by molar-refractivity contribution is -0.138. The molecule has 30 heavy (non-hydrogen) atoms. The molecule has 4 bridgehead atoms. The summed E-state index contributed by atoms with van der Waals surface area (Å²) in [5, 5.41) is 6.09. The van der Waals surface area contributed by atoms with Crippen LogP contribution in [0.5, 0.6) is 0 Å². The lowest BCUT2D eigenvalue weighted by Gasteiger charge is -2.59. The number of alkyl halides is 1. The summed E-state index contributed by atoms with van der Waals surface area (Å²) in [4.78, 5) is 25.7. The fraction of sp³-hybridized carbons (Fsp3) is 0.440. The number of carbonyl (C=O) groups is 2. The molecule has 4 nitrogen and oxygen atoms in total. The van der Waals surface area contributed by atoms with Gasteiger partial charge in [0.1, 0.15) is 0 Å². The largest absolute Gasteiger partial charge is 0.348 e. The third-order valence-electron chi connectivity index (χ3n) is 7.17. The SMILES string of the molecule is O=C(NCc1ccccc1)c1ccc(NC(=O)C23C[C@@H]4C[C@@H](CC(Br)(C4)C2)C3)cc1. The number of carbonyl (C=O) groups excluding carboxylic acids is 2. The highest BCUT2D eigenvalue weighted by Gasteiger charge is 2.59.